The molecule has 0 radical (unpaired) electrons. The number of nitrogens with zero attached hydrogens (tertiary/aromatic N) is 2. The van der Waals surface area contributed by atoms with E-state index in [2.05, 4.69) is 20.5 Å². The van der Waals surface area contributed by atoms with E-state index >= 15 is 0 Å². The summed E-state index contributed by atoms with van der Waals surface area (Å²) in [7, 11) is 1.62. The third kappa shape index (κ3) is 6.07. The monoisotopic (exact) mass is 382 g/mol. The van der Waals surface area contributed by atoms with Crippen molar-refractivity contribution in [2.24, 2.45) is 4.99 Å². The van der Waals surface area contributed by atoms with Crippen LogP contribution in [0.2, 0.25) is 0 Å². The Hall–Kier alpha value is -2.90. The van der Waals surface area contributed by atoms with E-state index in [9.17, 15) is 4.79 Å². The second-order valence-corrected chi connectivity index (χ2v) is 6.36. The third-order valence-corrected chi connectivity index (χ3v) is 4.39. The molecule has 2 aromatic rings. The van der Waals surface area contributed by atoms with E-state index in [0.29, 0.717) is 18.1 Å². The Balaban J connectivity index is 1.68. The number of carbonyl (C=O) groups is 1. The van der Waals surface area contributed by atoms with E-state index < -0.39 is 0 Å². The molecule has 0 aliphatic carbocycles. The number of hydrogen-bond acceptors (Lipinski definition) is 5. The van der Waals surface area contributed by atoms with Gasteiger partial charge in [0.25, 0.3) is 5.91 Å². The molecule has 1 saturated heterocycles. The fourth-order valence-corrected chi connectivity index (χ4v) is 2.85. The van der Waals surface area contributed by atoms with Gasteiger partial charge in [-0.05, 0) is 24.3 Å². The normalized spacial score (nSPS) is 15.1. The summed E-state index contributed by atoms with van der Waals surface area (Å²) in [5.41, 5.74) is 1.37. The number of nitrogens with one attached hydrogen (secondary N) is 2. The molecule has 1 amide bonds. The lowest BCUT2D eigenvalue weighted by atomic mass is 10.2. The summed E-state index contributed by atoms with van der Waals surface area (Å²) in [5, 5.41) is 6.06. The molecule has 0 bridgehead atoms. The zero-order valence-electron chi connectivity index (χ0n) is 16.1. The fraction of sp³-hybridized carbons (Fsp3) is 0.333. The lowest BCUT2D eigenvalue weighted by molar-refractivity contribution is 0.0394. The van der Waals surface area contributed by atoms with Crippen molar-refractivity contribution in [2.75, 3.05) is 51.8 Å². The zero-order valence-corrected chi connectivity index (χ0v) is 16.1. The highest BCUT2D eigenvalue weighted by molar-refractivity contribution is 6.09. The first-order valence-electron chi connectivity index (χ1n) is 9.36. The first-order valence-corrected chi connectivity index (χ1v) is 9.36. The van der Waals surface area contributed by atoms with Crippen LogP contribution in [0.25, 0.3) is 0 Å². The van der Waals surface area contributed by atoms with Gasteiger partial charge >= 0.3 is 0 Å². The summed E-state index contributed by atoms with van der Waals surface area (Å²) in [6, 6.07) is 16.6. The maximum Gasteiger partial charge on any atom is 0.257 e. The third-order valence-electron chi connectivity index (χ3n) is 4.39. The highest BCUT2D eigenvalue weighted by Gasteiger charge is 2.11. The lowest BCUT2D eigenvalue weighted by Crippen LogP contribution is -2.39. The van der Waals surface area contributed by atoms with Gasteiger partial charge in [-0.2, -0.15) is 0 Å². The molecule has 7 heteroatoms. The number of guanidine groups is 1. The lowest BCUT2D eigenvalue weighted by Gasteiger charge is -2.25. The van der Waals surface area contributed by atoms with Crippen molar-refractivity contribution >= 4 is 17.6 Å². The SMILES string of the molecule is COc1cccc(NC(=NCCN2CCOCC2)NC(=O)c2ccccc2)c1. The van der Waals surface area contributed by atoms with Gasteiger partial charge in [0.2, 0.25) is 5.96 Å². The summed E-state index contributed by atoms with van der Waals surface area (Å²) in [4.78, 5) is 19.4. The van der Waals surface area contributed by atoms with Gasteiger partial charge < -0.3 is 14.8 Å². The van der Waals surface area contributed by atoms with Crippen molar-refractivity contribution < 1.29 is 14.3 Å². The number of morpholine rings is 1. The molecule has 1 fully saturated rings. The van der Waals surface area contributed by atoms with Crippen molar-refractivity contribution in [3.05, 3.63) is 60.2 Å². The average Bonchev–Trinajstić information content (AvgIpc) is 2.75. The van der Waals surface area contributed by atoms with Crippen LogP contribution in [0.5, 0.6) is 5.75 Å². The van der Waals surface area contributed by atoms with Crippen LogP contribution in [0, 0.1) is 0 Å². The fourth-order valence-electron chi connectivity index (χ4n) is 2.85. The Morgan fingerprint density at radius 3 is 2.68 bits per heavy atom. The van der Waals surface area contributed by atoms with Gasteiger partial charge in [0.05, 0.1) is 26.9 Å². The number of rotatable bonds is 6. The Morgan fingerprint density at radius 2 is 1.93 bits per heavy atom. The number of methoxy groups -OCH3 is 1. The van der Waals surface area contributed by atoms with E-state index in [4.69, 9.17) is 9.47 Å². The molecule has 3 rings (SSSR count). The predicted molar refractivity (Wildman–Crippen MR) is 110 cm³/mol. The average molecular weight is 382 g/mol. The quantitative estimate of drug-likeness (QED) is 0.592. The number of ether oxygens (including phenoxy) is 2. The van der Waals surface area contributed by atoms with Gasteiger partial charge in [-0.3, -0.25) is 20.0 Å². The van der Waals surface area contributed by atoms with Crippen LogP contribution < -0.4 is 15.4 Å². The molecule has 148 valence electrons. The van der Waals surface area contributed by atoms with E-state index in [-0.39, 0.29) is 5.91 Å². The molecule has 0 saturated carbocycles. The van der Waals surface area contributed by atoms with E-state index in [1.165, 1.54) is 0 Å². The van der Waals surface area contributed by atoms with Gasteiger partial charge in [-0.25, -0.2) is 0 Å². The summed E-state index contributed by atoms with van der Waals surface area (Å²) in [5.74, 6) is 0.934. The molecule has 2 N–H and O–H groups in total. The highest BCUT2D eigenvalue weighted by atomic mass is 16.5. The second-order valence-electron chi connectivity index (χ2n) is 6.36. The minimum Gasteiger partial charge on any atom is -0.497 e. The molecular formula is C21H26N4O3. The van der Waals surface area contributed by atoms with Crippen LogP contribution >= 0.6 is 0 Å². The largest absolute Gasteiger partial charge is 0.497 e. The summed E-state index contributed by atoms with van der Waals surface area (Å²) < 4.78 is 10.6. The molecule has 2 aromatic carbocycles. The number of benzene rings is 2. The predicted octanol–water partition coefficient (Wildman–Crippen LogP) is 2.23. The first kappa shape index (κ1) is 19.9. The molecule has 1 heterocycles. The maximum absolute atomic E-state index is 12.5. The molecule has 28 heavy (non-hydrogen) atoms. The van der Waals surface area contributed by atoms with Crippen LogP contribution in [-0.4, -0.2) is 63.3 Å². The molecule has 0 spiro atoms. The minimum atomic E-state index is -0.207. The number of aliphatic imine (C=N–C) groups is 1. The molecular weight excluding hydrogens is 356 g/mol. The van der Waals surface area contributed by atoms with Gasteiger partial charge in [0, 0.05) is 37.0 Å². The molecule has 0 aromatic heterocycles. The summed E-state index contributed by atoms with van der Waals surface area (Å²) in [6.07, 6.45) is 0. The molecule has 1 aliphatic rings. The van der Waals surface area contributed by atoms with Crippen LogP contribution in [0.15, 0.2) is 59.6 Å². The summed E-state index contributed by atoms with van der Waals surface area (Å²) >= 11 is 0. The van der Waals surface area contributed by atoms with Crippen molar-refractivity contribution in [3.8, 4) is 5.75 Å². The van der Waals surface area contributed by atoms with Crippen molar-refractivity contribution in [1.29, 1.82) is 0 Å². The Bertz CT molecular complexity index is 789. The summed E-state index contributed by atoms with van der Waals surface area (Å²) in [6.45, 7) is 4.71. The second kappa shape index (κ2) is 10.4. The van der Waals surface area contributed by atoms with Crippen LogP contribution in [-0.2, 0) is 4.74 Å². The number of hydrogen-bond donors (Lipinski definition) is 2. The van der Waals surface area contributed by atoms with Crippen LogP contribution in [0.3, 0.4) is 0 Å². The Kier molecular flexibility index (Phi) is 7.40. The highest BCUT2D eigenvalue weighted by Crippen LogP contribution is 2.16. The van der Waals surface area contributed by atoms with Gasteiger partial charge in [0.1, 0.15) is 5.75 Å². The van der Waals surface area contributed by atoms with Crippen LogP contribution in [0.4, 0.5) is 5.69 Å². The van der Waals surface area contributed by atoms with E-state index in [1.54, 1.807) is 19.2 Å². The maximum atomic E-state index is 12.5. The van der Waals surface area contributed by atoms with Crippen molar-refractivity contribution in [2.45, 2.75) is 0 Å². The van der Waals surface area contributed by atoms with Crippen molar-refractivity contribution in [3.63, 3.8) is 0 Å². The number of anilines is 1. The van der Waals surface area contributed by atoms with Gasteiger partial charge in [-0.15, -0.1) is 0 Å². The van der Waals surface area contributed by atoms with Gasteiger partial charge in [0.15, 0.2) is 0 Å². The molecule has 7 nitrogen and oxygen atoms in total. The molecule has 0 atom stereocenters. The van der Waals surface area contributed by atoms with Crippen LogP contribution in [0.1, 0.15) is 10.4 Å². The number of amides is 1. The zero-order chi connectivity index (χ0) is 19.6. The first-order chi connectivity index (χ1) is 13.7. The van der Waals surface area contributed by atoms with E-state index in [1.807, 2.05) is 42.5 Å². The van der Waals surface area contributed by atoms with Crippen molar-refractivity contribution in [1.82, 2.24) is 10.2 Å². The molecule has 0 unspecified atom stereocenters. The standard InChI is InChI=1S/C21H26N4O3/c1-27-19-9-5-8-18(16-19)23-21(22-10-11-25-12-14-28-15-13-25)24-20(26)17-6-3-2-4-7-17/h2-9,16H,10-15H2,1H3,(H2,22,23,24,26). The topological polar surface area (TPSA) is 75.2 Å². The van der Waals surface area contributed by atoms with Gasteiger partial charge in [-0.1, -0.05) is 24.3 Å². The smallest absolute Gasteiger partial charge is 0.257 e. The van der Waals surface area contributed by atoms with E-state index in [0.717, 1.165) is 44.3 Å². The Morgan fingerprint density at radius 1 is 1.14 bits per heavy atom. The molecule has 1 aliphatic heterocycles. The number of carbonyl (C=O) groups excluding carboxylic acids is 1. The Labute approximate surface area is 165 Å². The minimum absolute atomic E-state index is 0.207.